The molecule has 1 unspecified atom stereocenters. The van der Waals surface area contributed by atoms with Crippen molar-refractivity contribution in [3.05, 3.63) is 45.6 Å². The van der Waals surface area contributed by atoms with Crippen LogP contribution in [0, 0.1) is 18.3 Å². The van der Waals surface area contributed by atoms with Crippen LogP contribution in [0.4, 0.5) is 5.82 Å². The Morgan fingerprint density at radius 1 is 1.18 bits per heavy atom. The predicted molar refractivity (Wildman–Crippen MR) is 134 cm³/mol. The van der Waals surface area contributed by atoms with Crippen LogP contribution < -0.4 is 4.90 Å². The number of carboxylic acids is 1. The minimum absolute atomic E-state index is 0.0137. The number of hydrogen-bond donors (Lipinski definition) is 1. The standard InChI is InChI=1S/C25H30Cl2N4O2/c1-14(2)22-16(5)28-21-12-20(18-8-7-17(26)11-19(18)27)29-31(21)23(22)30-10-6-9-25(13-30,15(3)4)24(32)33/h7-8,11-12,14-15H,6,9-10,13H2,1-5H3,(H,32,33). The monoisotopic (exact) mass is 488 g/mol. The van der Waals surface area contributed by atoms with E-state index in [1.54, 1.807) is 12.1 Å². The van der Waals surface area contributed by atoms with E-state index in [0.717, 1.165) is 35.6 Å². The van der Waals surface area contributed by atoms with Crippen LogP contribution in [0.5, 0.6) is 0 Å². The molecule has 0 radical (unpaired) electrons. The highest BCUT2D eigenvalue weighted by molar-refractivity contribution is 6.36. The van der Waals surface area contributed by atoms with Gasteiger partial charge in [-0.1, -0.05) is 50.9 Å². The first-order valence-corrected chi connectivity index (χ1v) is 12.1. The van der Waals surface area contributed by atoms with Crippen molar-refractivity contribution in [3.8, 4) is 11.3 Å². The van der Waals surface area contributed by atoms with Gasteiger partial charge in [0.1, 0.15) is 5.82 Å². The maximum Gasteiger partial charge on any atom is 0.311 e. The molecule has 0 saturated carbocycles. The van der Waals surface area contributed by atoms with E-state index in [9.17, 15) is 9.90 Å². The van der Waals surface area contributed by atoms with Crippen molar-refractivity contribution in [2.45, 2.75) is 53.4 Å². The van der Waals surface area contributed by atoms with Crippen molar-refractivity contribution in [2.24, 2.45) is 11.3 Å². The van der Waals surface area contributed by atoms with E-state index in [-0.39, 0.29) is 11.8 Å². The molecule has 1 aliphatic heterocycles. The quantitative estimate of drug-likeness (QED) is 0.445. The highest BCUT2D eigenvalue weighted by Crippen LogP contribution is 2.42. The lowest BCUT2D eigenvalue weighted by Crippen LogP contribution is -2.51. The maximum absolute atomic E-state index is 12.4. The third-order valence-electron chi connectivity index (χ3n) is 6.94. The number of benzene rings is 1. The summed E-state index contributed by atoms with van der Waals surface area (Å²) < 4.78 is 1.86. The summed E-state index contributed by atoms with van der Waals surface area (Å²) in [6, 6.07) is 7.28. The lowest BCUT2D eigenvalue weighted by Gasteiger charge is -2.44. The summed E-state index contributed by atoms with van der Waals surface area (Å²) in [7, 11) is 0. The van der Waals surface area contributed by atoms with Gasteiger partial charge in [0.25, 0.3) is 0 Å². The number of fused-ring (bicyclic) bond motifs is 1. The Kier molecular flexibility index (Phi) is 6.36. The molecular weight excluding hydrogens is 459 g/mol. The van der Waals surface area contributed by atoms with Crippen LogP contribution in [-0.4, -0.2) is 38.8 Å². The van der Waals surface area contributed by atoms with Crippen LogP contribution in [0.1, 0.15) is 57.7 Å². The molecule has 1 aliphatic rings. The van der Waals surface area contributed by atoms with Gasteiger partial charge in [-0.2, -0.15) is 9.61 Å². The van der Waals surface area contributed by atoms with E-state index < -0.39 is 11.4 Å². The van der Waals surface area contributed by atoms with Crippen LogP contribution >= 0.6 is 23.2 Å². The lowest BCUT2D eigenvalue weighted by atomic mass is 9.71. The Morgan fingerprint density at radius 2 is 1.91 bits per heavy atom. The average Bonchev–Trinajstić information content (AvgIpc) is 3.15. The summed E-state index contributed by atoms with van der Waals surface area (Å²) in [5.41, 5.74) is 3.41. The summed E-state index contributed by atoms with van der Waals surface area (Å²) in [6.45, 7) is 11.5. The molecule has 1 atom stereocenters. The van der Waals surface area contributed by atoms with Gasteiger partial charge in [0.05, 0.1) is 16.1 Å². The fourth-order valence-corrected chi connectivity index (χ4v) is 5.59. The van der Waals surface area contributed by atoms with Gasteiger partial charge in [0.15, 0.2) is 5.65 Å². The molecule has 4 rings (SSSR count). The summed E-state index contributed by atoms with van der Waals surface area (Å²) in [5, 5.41) is 16.2. The van der Waals surface area contributed by atoms with Gasteiger partial charge in [0.2, 0.25) is 0 Å². The Labute approximate surface area is 204 Å². The zero-order valence-corrected chi connectivity index (χ0v) is 21.2. The number of carbonyl (C=O) groups is 1. The van der Waals surface area contributed by atoms with Crippen molar-refractivity contribution < 1.29 is 9.90 Å². The molecular formula is C25H30Cl2N4O2. The molecule has 3 heterocycles. The van der Waals surface area contributed by atoms with Gasteiger partial charge in [-0.25, -0.2) is 4.98 Å². The molecule has 1 aromatic carbocycles. The third kappa shape index (κ3) is 4.08. The van der Waals surface area contributed by atoms with Crippen molar-refractivity contribution in [1.82, 2.24) is 14.6 Å². The minimum atomic E-state index is -0.800. The molecule has 0 aliphatic carbocycles. The first kappa shape index (κ1) is 23.8. The molecule has 1 saturated heterocycles. The van der Waals surface area contributed by atoms with Gasteiger partial charge >= 0.3 is 5.97 Å². The summed E-state index contributed by atoms with van der Waals surface area (Å²) >= 11 is 12.6. The number of halogens is 2. The topological polar surface area (TPSA) is 70.7 Å². The largest absolute Gasteiger partial charge is 0.481 e. The second kappa shape index (κ2) is 8.80. The molecule has 2 aromatic heterocycles. The van der Waals surface area contributed by atoms with E-state index in [4.69, 9.17) is 33.3 Å². The van der Waals surface area contributed by atoms with Crippen LogP contribution in [0.2, 0.25) is 10.0 Å². The molecule has 176 valence electrons. The van der Waals surface area contributed by atoms with E-state index in [0.29, 0.717) is 34.4 Å². The van der Waals surface area contributed by atoms with Crippen molar-refractivity contribution >= 4 is 40.6 Å². The normalized spacial score (nSPS) is 19.1. The summed E-state index contributed by atoms with van der Waals surface area (Å²) in [5.74, 6) is 0.405. The lowest BCUT2D eigenvalue weighted by molar-refractivity contribution is -0.152. The molecule has 0 spiro atoms. The SMILES string of the molecule is Cc1nc2cc(-c3ccc(Cl)cc3Cl)nn2c(N2CCCC(C(=O)O)(C(C)C)C2)c1C(C)C. The number of aliphatic carboxylic acids is 1. The molecule has 0 amide bonds. The van der Waals surface area contributed by atoms with Gasteiger partial charge in [-0.15, -0.1) is 0 Å². The zero-order valence-electron chi connectivity index (χ0n) is 19.7. The third-order valence-corrected chi connectivity index (χ3v) is 7.49. The van der Waals surface area contributed by atoms with E-state index in [1.807, 2.05) is 37.4 Å². The molecule has 0 bridgehead atoms. The Hall–Kier alpha value is -2.31. The van der Waals surface area contributed by atoms with Crippen LogP contribution in [-0.2, 0) is 4.79 Å². The van der Waals surface area contributed by atoms with Crippen LogP contribution in [0.25, 0.3) is 16.9 Å². The highest BCUT2D eigenvalue weighted by atomic mass is 35.5. The van der Waals surface area contributed by atoms with E-state index in [1.165, 1.54) is 0 Å². The Bertz CT molecular complexity index is 1220. The van der Waals surface area contributed by atoms with Gasteiger partial charge in [-0.05, 0) is 49.8 Å². The number of aryl methyl sites for hydroxylation is 1. The summed E-state index contributed by atoms with van der Waals surface area (Å²) in [4.78, 5) is 19.5. The fourth-order valence-electron chi connectivity index (χ4n) is 5.08. The number of rotatable bonds is 5. The van der Waals surface area contributed by atoms with Crippen LogP contribution in [0.3, 0.4) is 0 Å². The number of anilines is 1. The average molecular weight is 489 g/mol. The van der Waals surface area contributed by atoms with Crippen molar-refractivity contribution in [1.29, 1.82) is 0 Å². The Balaban J connectivity index is 1.93. The highest BCUT2D eigenvalue weighted by Gasteiger charge is 2.46. The molecule has 33 heavy (non-hydrogen) atoms. The Morgan fingerprint density at radius 3 is 2.52 bits per heavy atom. The molecule has 1 N–H and O–H groups in total. The smallest absolute Gasteiger partial charge is 0.311 e. The number of nitrogens with zero attached hydrogens (tertiary/aromatic N) is 4. The van der Waals surface area contributed by atoms with Crippen molar-refractivity contribution in [3.63, 3.8) is 0 Å². The first-order valence-electron chi connectivity index (χ1n) is 11.4. The second-order valence-corrected chi connectivity index (χ2v) is 10.5. The second-order valence-electron chi connectivity index (χ2n) is 9.65. The minimum Gasteiger partial charge on any atom is -0.481 e. The molecule has 6 nitrogen and oxygen atoms in total. The first-order chi connectivity index (χ1) is 15.5. The van der Waals surface area contributed by atoms with E-state index in [2.05, 4.69) is 18.7 Å². The summed E-state index contributed by atoms with van der Waals surface area (Å²) in [6.07, 6.45) is 1.48. The fraction of sp³-hybridized carbons (Fsp3) is 0.480. The number of hydrogen-bond acceptors (Lipinski definition) is 4. The van der Waals surface area contributed by atoms with Gasteiger partial charge in [-0.3, -0.25) is 4.79 Å². The number of aromatic nitrogens is 3. The van der Waals surface area contributed by atoms with E-state index >= 15 is 0 Å². The molecule has 8 heteroatoms. The predicted octanol–water partition coefficient (Wildman–Crippen LogP) is 6.46. The van der Waals surface area contributed by atoms with Gasteiger partial charge < -0.3 is 10.0 Å². The number of piperidine rings is 1. The number of carboxylic acid groups (broad SMARTS) is 1. The maximum atomic E-state index is 12.4. The van der Waals surface area contributed by atoms with Crippen molar-refractivity contribution in [2.75, 3.05) is 18.0 Å². The van der Waals surface area contributed by atoms with Gasteiger partial charge in [0, 0.05) is 41.0 Å². The van der Waals surface area contributed by atoms with Crippen LogP contribution in [0.15, 0.2) is 24.3 Å². The zero-order chi connectivity index (χ0) is 24.1. The molecule has 3 aromatic rings. The molecule has 1 fully saturated rings.